The van der Waals surface area contributed by atoms with Crippen LogP contribution in [0.3, 0.4) is 0 Å². The molecule has 1 amide bonds. The summed E-state index contributed by atoms with van der Waals surface area (Å²) >= 11 is 0. The molecule has 0 saturated carbocycles. The standard InChI is InChI=1S/C24H21F3N4O3.Li/c1-14-2-3-15(22(32)30-18-9-17(10-29-11-18)24(25,26)27)8-20(14)16-5-7-31(13-16)21-12-28-6-4-19(21)23(33)34;/h2-4,6,8-12,16H,5,7,13H2,1H3,(H,30,32)(H,33,34);/t16-;/m1./s1. The Bertz CT molecular complexity index is 1250. The van der Waals surface area contributed by atoms with Gasteiger partial charge in [-0.2, -0.15) is 13.2 Å². The van der Waals surface area contributed by atoms with Gasteiger partial charge in [0.05, 0.1) is 34.9 Å². The monoisotopic (exact) mass is 477 g/mol. The number of hydrogen-bond acceptors (Lipinski definition) is 5. The van der Waals surface area contributed by atoms with Gasteiger partial charge in [0.15, 0.2) is 0 Å². The number of amides is 1. The van der Waals surface area contributed by atoms with Crippen LogP contribution in [-0.4, -0.2) is 58.9 Å². The average molecular weight is 477 g/mol. The van der Waals surface area contributed by atoms with Crippen molar-refractivity contribution >= 4 is 42.1 Å². The molecule has 3 aromatic rings. The molecule has 1 atom stereocenters. The SMILES string of the molecule is Cc1ccc(C(=O)Nc2cncc(C(F)(F)F)c2)cc1[C@@H]1CCN(c2cnccc2C(=O)O)C1.[Li]. The number of alkyl halides is 3. The molecule has 1 fully saturated rings. The Hall–Kier alpha value is -3.35. The van der Waals surface area contributed by atoms with Gasteiger partial charge in [-0.05, 0) is 48.7 Å². The first-order valence-electron chi connectivity index (χ1n) is 10.5. The maximum absolute atomic E-state index is 12.9. The summed E-state index contributed by atoms with van der Waals surface area (Å²) in [5.41, 5.74) is 1.93. The average Bonchev–Trinajstić information content (AvgIpc) is 3.29. The van der Waals surface area contributed by atoms with Gasteiger partial charge in [-0.15, -0.1) is 0 Å². The largest absolute Gasteiger partial charge is 0.478 e. The molecule has 0 unspecified atom stereocenters. The molecule has 0 spiro atoms. The summed E-state index contributed by atoms with van der Waals surface area (Å²) in [7, 11) is 0. The molecule has 1 radical (unpaired) electrons. The molecule has 0 aliphatic carbocycles. The zero-order chi connectivity index (χ0) is 24.5. The molecule has 0 bridgehead atoms. The second-order valence-corrected chi connectivity index (χ2v) is 8.12. The van der Waals surface area contributed by atoms with Crippen molar-refractivity contribution in [3.8, 4) is 0 Å². The molecule has 1 aliphatic rings. The summed E-state index contributed by atoms with van der Waals surface area (Å²) in [5, 5.41) is 11.9. The molecular formula is C24H21F3LiN4O3. The Morgan fingerprint density at radius 2 is 1.89 bits per heavy atom. The van der Waals surface area contributed by atoms with E-state index in [1.807, 2.05) is 11.8 Å². The van der Waals surface area contributed by atoms with Crippen molar-refractivity contribution in [1.29, 1.82) is 0 Å². The maximum atomic E-state index is 12.9. The van der Waals surface area contributed by atoms with Crippen LogP contribution >= 0.6 is 0 Å². The molecule has 4 rings (SSSR count). The third-order valence-corrected chi connectivity index (χ3v) is 5.86. The first kappa shape index (κ1) is 26.3. The summed E-state index contributed by atoms with van der Waals surface area (Å²) in [6, 6.07) is 7.45. The number of aryl methyl sites for hydroxylation is 1. The number of halogens is 3. The second kappa shape index (κ2) is 10.5. The van der Waals surface area contributed by atoms with Crippen molar-refractivity contribution in [1.82, 2.24) is 9.97 Å². The van der Waals surface area contributed by atoms with E-state index in [0.29, 0.717) is 30.5 Å². The maximum Gasteiger partial charge on any atom is 0.417 e. The number of carboxylic acids is 1. The fourth-order valence-electron chi connectivity index (χ4n) is 4.14. The van der Waals surface area contributed by atoms with E-state index in [4.69, 9.17) is 0 Å². The zero-order valence-corrected chi connectivity index (χ0v) is 19.1. The zero-order valence-electron chi connectivity index (χ0n) is 19.1. The summed E-state index contributed by atoms with van der Waals surface area (Å²) in [6.07, 6.45) is 1.01. The Labute approximate surface area is 211 Å². The van der Waals surface area contributed by atoms with Crippen molar-refractivity contribution in [2.75, 3.05) is 23.3 Å². The molecule has 2 aromatic heterocycles. The second-order valence-electron chi connectivity index (χ2n) is 8.12. The number of aromatic carboxylic acids is 1. The van der Waals surface area contributed by atoms with Crippen LogP contribution in [0, 0.1) is 6.92 Å². The Morgan fingerprint density at radius 1 is 1.11 bits per heavy atom. The number of hydrogen-bond donors (Lipinski definition) is 2. The van der Waals surface area contributed by atoms with Crippen molar-refractivity contribution in [2.24, 2.45) is 0 Å². The molecule has 2 N–H and O–H groups in total. The first-order chi connectivity index (χ1) is 16.1. The summed E-state index contributed by atoms with van der Waals surface area (Å²) < 4.78 is 38.8. The Balaban J connectivity index is 0.00000342. The molecule has 1 saturated heterocycles. The van der Waals surface area contributed by atoms with Gasteiger partial charge >= 0.3 is 12.1 Å². The van der Waals surface area contributed by atoms with Crippen LogP contribution in [0.25, 0.3) is 0 Å². The number of carbonyl (C=O) groups is 2. The van der Waals surface area contributed by atoms with Gasteiger partial charge in [0, 0.05) is 55.8 Å². The van der Waals surface area contributed by atoms with E-state index in [1.54, 1.807) is 18.2 Å². The fraction of sp³-hybridized carbons (Fsp3) is 0.250. The third-order valence-electron chi connectivity index (χ3n) is 5.86. The number of carbonyl (C=O) groups excluding carboxylic acids is 1. The van der Waals surface area contributed by atoms with Crippen LogP contribution in [0.4, 0.5) is 24.5 Å². The number of nitrogens with one attached hydrogen (secondary N) is 1. The van der Waals surface area contributed by atoms with Gasteiger partial charge in [-0.3, -0.25) is 14.8 Å². The van der Waals surface area contributed by atoms with E-state index >= 15 is 0 Å². The minimum Gasteiger partial charge on any atom is -0.478 e. The van der Waals surface area contributed by atoms with Crippen LogP contribution in [0.1, 0.15) is 49.7 Å². The minimum absolute atomic E-state index is 0. The summed E-state index contributed by atoms with van der Waals surface area (Å²) in [5.74, 6) is -1.53. The fourth-order valence-corrected chi connectivity index (χ4v) is 4.14. The predicted molar refractivity (Wildman–Crippen MR) is 125 cm³/mol. The van der Waals surface area contributed by atoms with Crippen LogP contribution in [-0.2, 0) is 6.18 Å². The first-order valence-corrected chi connectivity index (χ1v) is 10.5. The molecule has 1 aliphatic heterocycles. The van der Waals surface area contributed by atoms with Crippen LogP contribution < -0.4 is 10.2 Å². The van der Waals surface area contributed by atoms with Crippen molar-refractivity contribution in [3.05, 3.63) is 82.9 Å². The molecule has 3 heterocycles. The third kappa shape index (κ3) is 5.84. The van der Waals surface area contributed by atoms with Crippen molar-refractivity contribution in [3.63, 3.8) is 0 Å². The Morgan fingerprint density at radius 3 is 2.60 bits per heavy atom. The number of pyridine rings is 2. The summed E-state index contributed by atoms with van der Waals surface area (Å²) in [6.45, 7) is 3.10. The van der Waals surface area contributed by atoms with Gasteiger partial charge in [0.2, 0.25) is 0 Å². The number of benzene rings is 1. The van der Waals surface area contributed by atoms with Gasteiger partial charge in [0.1, 0.15) is 0 Å². The van der Waals surface area contributed by atoms with Gasteiger partial charge in [-0.25, -0.2) is 4.79 Å². The molecule has 7 nitrogen and oxygen atoms in total. The number of carboxylic acid groups (broad SMARTS) is 1. The van der Waals surface area contributed by atoms with Crippen molar-refractivity contribution < 1.29 is 27.9 Å². The van der Waals surface area contributed by atoms with E-state index in [-0.39, 0.29) is 36.0 Å². The van der Waals surface area contributed by atoms with E-state index in [9.17, 15) is 27.9 Å². The van der Waals surface area contributed by atoms with Crippen LogP contribution in [0.5, 0.6) is 0 Å². The topological polar surface area (TPSA) is 95.4 Å². The van der Waals surface area contributed by atoms with E-state index in [1.165, 1.54) is 18.5 Å². The van der Waals surface area contributed by atoms with Gasteiger partial charge in [-0.1, -0.05) is 6.07 Å². The minimum atomic E-state index is -4.56. The Kier molecular flexibility index (Phi) is 7.88. The normalized spacial score (nSPS) is 15.4. The van der Waals surface area contributed by atoms with E-state index in [2.05, 4.69) is 15.3 Å². The smallest absolute Gasteiger partial charge is 0.417 e. The molecular weight excluding hydrogens is 456 g/mol. The van der Waals surface area contributed by atoms with Gasteiger partial charge in [0.25, 0.3) is 5.91 Å². The van der Waals surface area contributed by atoms with E-state index < -0.39 is 23.6 Å². The van der Waals surface area contributed by atoms with Crippen molar-refractivity contribution in [2.45, 2.75) is 25.4 Å². The number of nitrogens with zero attached hydrogens (tertiary/aromatic N) is 3. The summed E-state index contributed by atoms with van der Waals surface area (Å²) in [4.78, 5) is 33.9. The van der Waals surface area contributed by atoms with E-state index in [0.717, 1.165) is 29.8 Å². The molecule has 177 valence electrons. The van der Waals surface area contributed by atoms with Crippen LogP contribution in [0.2, 0.25) is 0 Å². The van der Waals surface area contributed by atoms with Gasteiger partial charge < -0.3 is 15.3 Å². The molecule has 11 heteroatoms. The molecule has 1 aromatic carbocycles. The van der Waals surface area contributed by atoms with Crippen LogP contribution in [0.15, 0.2) is 55.1 Å². The quantitative estimate of drug-likeness (QED) is 0.530. The number of anilines is 2. The molecule has 35 heavy (non-hydrogen) atoms. The predicted octanol–water partition coefficient (Wildman–Crippen LogP) is 4.37. The number of rotatable bonds is 5. The number of aromatic nitrogens is 2.